The number of benzene rings is 2. The molecule has 0 atom stereocenters. The first-order chi connectivity index (χ1) is 12.8. The smallest absolute Gasteiger partial charge is 0.260 e. The van der Waals surface area contributed by atoms with Crippen LogP contribution in [0.4, 0.5) is 5.69 Å². The van der Waals surface area contributed by atoms with Gasteiger partial charge in [-0.3, -0.25) is 5.01 Å². The fraction of sp³-hybridized carbons (Fsp3) is 0.0625. The fourth-order valence-corrected chi connectivity index (χ4v) is 2.51. The molecule has 0 bridgehead atoms. The third kappa shape index (κ3) is 4.50. The zero-order chi connectivity index (χ0) is 18.2. The van der Waals surface area contributed by atoms with E-state index in [-0.39, 0.29) is 0 Å². The van der Waals surface area contributed by atoms with Crippen LogP contribution in [0.1, 0.15) is 11.1 Å². The van der Waals surface area contributed by atoms with Crippen molar-refractivity contribution in [3.05, 3.63) is 72.3 Å². The summed E-state index contributed by atoms with van der Waals surface area (Å²) < 4.78 is 11.5. The lowest BCUT2D eigenvalue weighted by Crippen LogP contribution is -2.27. The number of hydrogen-bond acceptors (Lipinski definition) is 9. The minimum Gasteiger partial charge on any atom is -0.399 e. The molecule has 2 aromatic carbocycles. The van der Waals surface area contributed by atoms with Crippen molar-refractivity contribution in [1.29, 1.82) is 5.26 Å². The number of nitrogens with zero attached hydrogens (tertiary/aromatic N) is 5. The van der Waals surface area contributed by atoms with Gasteiger partial charge in [-0.1, -0.05) is 12.1 Å². The summed E-state index contributed by atoms with van der Waals surface area (Å²) in [7, 11) is 0. The molecule has 3 aromatic rings. The Morgan fingerprint density at radius 1 is 1.15 bits per heavy atom. The molecule has 0 fully saturated rings. The fourth-order valence-electron chi connectivity index (χ4n) is 2.27. The van der Waals surface area contributed by atoms with E-state index in [4.69, 9.17) is 15.3 Å². The molecule has 26 heavy (non-hydrogen) atoms. The second-order valence-corrected chi connectivity index (χ2v) is 5.46. The van der Waals surface area contributed by atoms with Gasteiger partial charge in [0, 0.05) is 0 Å². The number of anilines is 1. The molecule has 9 nitrogen and oxygen atoms in total. The topological polar surface area (TPSA) is 111 Å². The molecule has 2 N–H and O–H groups in total. The minimum atomic E-state index is 0.514. The highest BCUT2D eigenvalue weighted by Crippen LogP contribution is 2.23. The zero-order valence-electron chi connectivity index (χ0n) is 13.4. The molecular weight excluding hydrogens is 356 g/mol. The molecule has 1 aromatic heterocycles. The van der Waals surface area contributed by atoms with Gasteiger partial charge in [-0.2, -0.15) is 11.2 Å². The Bertz CT molecular complexity index is 866. The quantitative estimate of drug-likeness (QED) is 0.276. The molecule has 0 aliphatic rings. The van der Waals surface area contributed by atoms with Gasteiger partial charge >= 0.3 is 0 Å². The molecule has 0 aliphatic carbocycles. The zero-order valence-corrected chi connectivity index (χ0v) is 14.2. The van der Waals surface area contributed by atoms with Crippen LogP contribution < -0.4 is 15.1 Å². The molecular formula is C16H14N6O3S. The van der Waals surface area contributed by atoms with Crippen molar-refractivity contribution in [2.75, 3.05) is 5.01 Å². The summed E-state index contributed by atoms with van der Waals surface area (Å²) in [4.78, 5) is 3.97. The van der Waals surface area contributed by atoms with Crippen LogP contribution in [0.3, 0.4) is 0 Å². The molecule has 0 unspecified atom stereocenters. The first-order valence-corrected chi connectivity index (χ1v) is 8.05. The summed E-state index contributed by atoms with van der Waals surface area (Å²) in [6.45, 7) is 0.514. The minimum absolute atomic E-state index is 0.514. The molecule has 0 amide bonds. The lowest BCUT2D eigenvalue weighted by atomic mass is 10.2. The summed E-state index contributed by atoms with van der Waals surface area (Å²) in [6.07, 6.45) is 3.20. The number of nitrogens with two attached hydrogens (primary N) is 1. The number of hydrogen-bond donors (Lipinski definition) is 1. The van der Waals surface area contributed by atoms with Crippen molar-refractivity contribution >= 4 is 18.0 Å². The first kappa shape index (κ1) is 17.7. The van der Waals surface area contributed by atoms with E-state index in [0.29, 0.717) is 30.2 Å². The van der Waals surface area contributed by atoms with Crippen LogP contribution in [0, 0.1) is 11.3 Å². The molecule has 132 valence electrons. The number of rotatable bonds is 8. The maximum absolute atomic E-state index is 8.97. The Balaban J connectivity index is 1.82. The van der Waals surface area contributed by atoms with E-state index in [1.54, 1.807) is 35.5 Å². The van der Waals surface area contributed by atoms with Crippen LogP contribution in [0.2, 0.25) is 0 Å². The maximum atomic E-state index is 8.97. The van der Waals surface area contributed by atoms with E-state index >= 15 is 0 Å². The second-order valence-electron chi connectivity index (χ2n) is 5.02. The summed E-state index contributed by atoms with van der Waals surface area (Å²) >= 11 is 0.616. The molecule has 1 heterocycles. The summed E-state index contributed by atoms with van der Waals surface area (Å²) in [5.74, 6) is 5.34. The monoisotopic (exact) mass is 370 g/mol. The average molecular weight is 370 g/mol. The van der Waals surface area contributed by atoms with Crippen molar-refractivity contribution in [2.45, 2.75) is 6.54 Å². The normalized spacial score (nSPS) is 10.3. The molecule has 0 spiro atoms. The Labute approximate surface area is 153 Å². The highest BCUT2D eigenvalue weighted by molar-refractivity contribution is 7.90. The van der Waals surface area contributed by atoms with Crippen LogP contribution >= 0.6 is 12.3 Å². The Morgan fingerprint density at radius 2 is 1.92 bits per heavy atom. The molecule has 3 rings (SSSR count). The van der Waals surface area contributed by atoms with Crippen molar-refractivity contribution < 1.29 is 13.5 Å². The van der Waals surface area contributed by atoms with Gasteiger partial charge in [-0.15, -0.1) is 19.5 Å². The van der Waals surface area contributed by atoms with E-state index < -0.39 is 0 Å². The van der Waals surface area contributed by atoms with Crippen molar-refractivity contribution in [1.82, 2.24) is 14.9 Å². The summed E-state index contributed by atoms with van der Waals surface area (Å²) in [5, 5.41) is 18.6. The van der Waals surface area contributed by atoms with Crippen LogP contribution in [-0.4, -0.2) is 14.9 Å². The van der Waals surface area contributed by atoms with Crippen LogP contribution in [0.25, 0.3) is 0 Å². The highest BCUT2D eigenvalue weighted by Gasteiger charge is 2.11. The summed E-state index contributed by atoms with van der Waals surface area (Å²) in [5.41, 5.74) is 2.44. The van der Waals surface area contributed by atoms with Crippen molar-refractivity contribution in [3.8, 4) is 11.8 Å². The van der Waals surface area contributed by atoms with Gasteiger partial charge in [0.15, 0.2) is 0 Å². The lowest BCUT2D eigenvalue weighted by molar-refractivity contribution is -0.199. The van der Waals surface area contributed by atoms with Crippen LogP contribution in [0.15, 0.2) is 61.2 Å². The Morgan fingerprint density at radius 3 is 2.62 bits per heavy atom. The molecule has 10 heteroatoms. The van der Waals surface area contributed by atoms with Gasteiger partial charge in [0.05, 0.1) is 23.9 Å². The molecule has 0 saturated heterocycles. The van der Waals surface area contributed by atoms with Crippen LogP contribution in [0.5, 0.6) is 5.75 Å². The number of aromatic nitrogens is 3. The SMILES string of the molecule is N#Cc1ccc(N(Cc2cccc(OSOON)c2)n2cnnc2)cc1. The molecule has 0 aliphatic heterocycles. The predicted molar refractivity (Wildman–Crippen MR) is 93.8 cm³/mol. The first-order valence-electron chi connectivity index (χ1n) is 7.38. The van der Waals surface area contributed by atoms with Gasteiger partial charge in [-0.05, 0) is 42.0 Å². The second kappa shape index (κ2) is 8.84. The van der Waals surface area contributed by atoms with E-state index in [2.05, 4.69) is 25.6 Å². The van der Waals surface area contributed by atoms with E-state index in [1.807, 2.05) is 35.3 Å². The third-order valence-corrected chi connectivity index (χ3v) is 3.80. The van der Waals surface area contributed by atoms with Crippen molar-refractivity contribution in [3.63, 3.8) is 0 Å². The standard InChI is InChI=1S/C16H14N6O3S/c17-9-13-4-6-15(7-5-13)22(21-11-19-20-12-21)10-14-2-1-3-16(8-14)23-26-25-24-18/h1-8,11-12H,10,18H2. The van der Waals surface area contributed by atoms with Gasteiger partial charge in [0.2, 0.25) is 0 Å². The van der Waals surface area contributed by atoms with E-state index in [0.717, 1.165) is 11.3 Å². The average Bonchev–Trinajstić information content (AvgIpc) is 3.21. The molecule has 0 saturated carbocycles. The maximum Gasteiger partial charge on any atom is 0.260 e. The summed E-state index contributed by atoms with van der Waals surface area (Å²) in [6, 6.07) is 16.8. The largest absolute Gasteiger partial charge is 0.399 e. The predicted octanol–water partition coefficient (Wildman–Crippen LogP) is 2.38. The highest BCUT2D eigenvalue weighted by atomic mass is 32.2. The third-order valence-electron chi connectivity index (χ3n) is 3.41. The Kier molecular flexibility index (Phi) is 6.02. The van der Waals surface area contributed by atoms with Gasteiger partial charge in [0.1, 0.15) is 18.4 Å². The van der Waals surface area contributed by atoms with Gasteiger partial charge < -0.3 is 4.18 Å². The van der Waals surface area contributed by atoms with Crippen LogP contribution in [-0.2, 0) is 15.9 Å². The molecule has 0 radical (unpaired) electrons. The lowest BCUT2D eigenvalue weighted by Gasteiger charge is -2.25. The number of nitriles is 1. The van der Waals surface area contributed by atoms with Gasteiger partial charge in [-0.25, -0.2) is 4.68 Å². The van der Waals surface area contributed by atoms with Gasteiger partial charge in [0.25, 0.3) is 12.3 Å². The van der Waals surface area contributed by atoms with Crippen molar-refractivity contribution in [2.24, 2.45) is 5.90 Å². The van der Waals surface area contributed by atoms with E-state index in [1.165, 1.54) is 0 Å². The Hall–Kier alpha value is -3.10. The van der Waals surface area contributed by atoms with E-state index in [9.17, 15) is 0 Å².